The highest BCUT2D eigenvalue weighted by atomic mass is 32.1. The molecule has 3 aromatic rings. The number of thiocarbonyl (C=S) groups is 1. The summed E-state index contributed by atoms with van der Waals surface area (Å²) in [5, 5.41) is 16.7. The monoisotopic (exact) mass is 338 g/mol. The smallest absolute Gasteiger partial charge is 0.170 e. The molecule has 0 radical (unpaired) electrons. The van der Waals surface area contributed by atoms with Crippen LogP contribution >= 0.6 is 12.2 Å². The number of H-pyrrole nitrogens is 1. The summed E-state index contributed by atoms with van der Waals surface area (Å²) in [6.45, 7) is 0.630. The Morgan fingerprint density at radius 3 is 2.92 bits per heavy atom. The van der Waals surface area contributed by atoms with Gasteiger partial charge >= 0.3 is 0 Å². The van der Waals surface area contributed by atoms with Crippen molar-refractivity contribution >= 4 is 33.9 Å². The molecule has 6 heteroatoms. The van der Waals surface area contributed by atoms with Gasteiger partial charge in [-0.2, -0.15) is 5.26 Å². The van der Waals surface area contributed by atoms with Crippen molar-refractivity contribution in [3.8, 4) is 6.07 Å². The predicted molar refractivity (Wildman–Crippen MR) is 97.3 cm³/mol. The first-order chi connectivity index (χ1) is 11.7. The second-order valence-corrected chi connectivity index (χ2v) is 5.70. The van der Waals surface area contributed by atoms with Crippen LogP contribution in [0.25, 0.3) is 10.9 Å². The quantitative estimate of drug-likeness (QED) is 0.635. The molecule has 0 aliphatic rings. The summed E-state index contributed by atoms with van der Waals surface area (Å²) < 4.78 is 13.2. The lowest BCUT2D eigenvalue weighted by Crippen LogP contribution is -2.30. The number of rotatable bonds is 4. The lowest BCUT2D eigenvalue weighted by molar-refractivity contribution is 0.629. The molecule has 0 aliphatic carbocycles. The van der Waals surface area contributed by atoms with E-state index in [1.165, 1.54) is 12.1 Å². The van der Waals surface area contributed by atoms with Crippen molar-refractivity contribution in [3.05, 3.63) is 65.6 Å². The molecule has 0 amide bonds. The summed E-state index contributed by atoms with van der Waals surface area (Å²) in [7, 11) is 0. The summed E-state index contributed by atoms with van der Waals surface area (Å²) in [6, 6.07) is 14.0. The number of hydrogen-bond acceptors (Lipinski definition) is 2. The number of nitrogens with one attached hydrogen (secondary N) is 3. The zero-order chi connectivity index (χ0) is 16.9. The Kier molecular flexibility index (Phi) is 4.73. The standard InChI is InChI=1S/C18H15FN4S/c19-14-5-6-15-13(11-22-17(15)9-14)7-8-21-18(24)23-16-4-2-1-3-12(16)10-20/h1-6,9,11,22H,7-8H2,(H2,21,23,24). The van der Waals surface area contributed by atoms with Crippen molar-refractivity contribution in [2.75, 3.05) is 11.9 Å². The van der Waals surface area contributed by atoms with Crippen molar-refractivity contribution in [2.24, 2.45) is 0 Å². The first-order valence-electron chi connectivity index (χ1n) is 7.47. The van der Waals surface area contributed by atoms with E-state index < -0.39 is 0 Å². The first kappa shape index (κ1) is 16.0. The van der Waals surface area contributed by atoms with Gasteiger partial charge in [0, 0.05) is 23.6 Å². The van der Waals surface area contributed by atoms with E-state index >= 15 is 0 Å². The van der Waals surface area contributed by atoms with Crippen LogP contribution in [0.2, 0.25) is 0 Å². The van der Waals surface area contributed by atoms with Crippen molar-refractivity contribution in [1.29, 1.82) is 5.26 Å². The molecule has 2 aromatic carbocycles. The molecule has 3 N–H and O–H groups in total. The Morgan fingerprint density at radius 1 is 1.25 bits per heavy atom. The number of halogens is 1. The van der Waals surface area contributed by atoms with Crippen LogP contribution < -0.4 is 10.6 Å². The van der Waals surface area contributed by atoms with Gasteiger partial charge in [0.05, 0.1) is 11.3 Å². The highest BCUT2D eigenvalue weighted by Crippen LogP contribution is 2.19. The zero-order valence-corrected chi connectivity index (χ0v) is 13.6. The summed E-state index contributed by atoms with van der Waals surface area (Å²) in [5.74, 6) is -0.254. The van der Waals surface area contributed by atoms with Gasteiger partial charge in [0.25, 0.3) is 0 Å². The van der Waals surface area contributed by atoms with Gasteiger partial charge in [-0.15, -0.1) is 0 Å². The van der Waals surface area contributed by atoms with Gasteiger partial charge in [-0.25, -0.2) is 4.39 Å². The van der Waals surface area contributed by atoms with Gasteiger partial charge in [-0.05, 0) is 54.5 Å². The summed E-state index contributed by atoms with van der Waals surface area (Å²) in [6.07, 6.45) is 2.63. The van der Waals surface area contributed by atoms with E-state index in [1.807, 2.05) is 12.3 Å². The highest BCUT2D eigenvalue weighted by molar-refractivity contribution is 7.80. The van der Waals surface area contributed by atoms with Crippen molar-refractivity contribution in [3.63, 3.8) is 0 Å². The molecule has 1 aromatic heterocycles. The van der Waals surface area contributed by atoms with Gasteiger partial charge < -0.3 is 15.6 Å². The molecular weight excluding hydrogens is 323 g/mol. The zero-order valence-electron chi connectivity index (χ0n) is 12.8. The maximum atomic E-state index is 13.2. The van der Waals surface area contributed by atoms with Crippen LogP contribution in [-0.4, -0.2) is 16.6 Å². The maximum absolute atomic E-state index is 13.2. The fourth-order valence-electron chi connectivity index (χ4n) is 2.53. The normalized spacial score (nSPS) is 10.3. The fraction of sp³-hybridized carbons (Fsp3) is 0.111. The topological polar surface area (TPSA) is 63.6 Å². The minimum absolute atomic E-state index is 0.254. The highest BCUT2D eigenvalue weighted by Gasteiger charge is 2.06. The summed E-state index contributed by atoms with van der Waals surface area (Å²) in [5.41, 5.74) is 3.10. The molecule has 0 unspecified atom stereocenters. The minimum Gasteiger partial charge on any atom is -0.362 e. The van der Waals surface area contributed by atoms with Crippen LogP contribution in [0.5, 0.6) is 0 Å². The summed E-state index contributed by atoms with van der Waals surface area (Å²) in [4.78, 5) is 3.07. The number of nitrogens with zero attached hydrogens (tertiary/aromatic N) is 1. The second kappa shape index (κ2) is 7.11. The van der Waals surface area contributed by atoms with Crippen LogP contribution in [0.15, 0.2) is 48.7 Å². The van der Waals surface area contributed by atoms with Crippen LogP contribution in [0.3, 0.4) is 0 Å². The van der Waals surface area contributed by atoms with E-state index in [2.05, 4.69) is 21.7 Å². The summed E-state index contributed by atoms with van der Waals surface area (Å²) >= 11 is 5.26. The Bertz CT molecular complexity index is 926. The molecule has 0 bridgehead atoms. The third-order valence-electron chi connectivity index (χ3n) is 3.71. The molecule has 1 heterocycles. The molecule has 0 saturated carbocycles. The number of nitriles is 1. The lowest BCUT2D eigenvalue weighted by atomic mass is 10.1. The van der Waals surface area contributed by atoms with E-state index in [1.54, 1.807) is 24.3 Å². The Balaban J connectivity index is 1.58. The van der Waals surface area contributed by atoms with Gasteiger partial charge in [0.15, 0.2) is 5.11 Å². The lowest BCUT2D eigenvalue weighted by Gasteiger charge is -2.11. The van der Waals surface area contributed by atoms with Crippen LogP contribution in [0, 0.1) is 17.1 Å². The molecule has 24 heavy (non-hydrogen) atoms. The SMILES string of the molecule is N#Cc1ccccc1NC(=S)NCCc1c[nH]c2cc(F)ccc12. The van der Waals surface area contributed by atoms with Crippen LogP contribution in [-0.2, 0) is 6.42 Å². The largest absolute Gasteiger partial charge is 0.362 e. The van der Waals surface area contributed by atoms with E-state index in [-0.39, 0.29) is 5.82 Å². The Labute approximate surface area is 144 Å². The average molecular weight is 338 g/mol. The van der Waals surface area contributed by atoms with E-state index in [0.717, 1.165) is 22.9 Å². The molecule has 0 saturated heterocycles. The molecule has 4 nitrogen and oxygen atoms in total. The Hall–Kier alpha value is -2.91. The van der Waals surface area contributed by atoms with Crippen molar-refractivity contribution in [1.82, 2.24) is 10.3 Å². The molecule has 0 aliphatic heterocycles. The fourth-order valence-corrected chi connectivity index (χ4v) is 2.74. The molecule has 120 valence electrons. The third kappa shape index (κ3) is 3.53. The average Bonchev–Trinajstić information content (AvgIpc) is 2.97. The molecule has 0 spiro atoms. The molecule has 3 rings (SSSR count). The predicted octanol–water partition coefficient (Wildman–Crippen LogP) is 3.71. The number of anilines is 1. The van der Waals surface area contributed by atoms with Crippen molar-refractivity contribution < 1.29 is 4.39 Å². The molecule has 0 fully saturated rings. The van der Waals surface area contributed by atoms with Crippen LogP contribution in [0.1, 0.15) is 11.1 Å². The number of aromatic amines is 1. The minimum atomic E-state index is -0.254. The maximum Gasteiger partial charge on any atom is 0.170 e. The van der Waals surface area contributed by atoms with Gasteiger partial charge in [-0.3, -0.25) is 0 Å². The van der Waals surface area contributed by atoms with Crippen molar-refractivity contribution in [2.45, 2.75) is 6.42 Å². The number of aromatic nitrogens is 1. The van der Waals surface area contributed by atoms with E-state index in [4.69, 9.17) is 17.5 Å². The second-order valence-electron chi connectivity index (χ2n) is 5.29. The number of para-hydroxylation sites is 1. The molecular formula is C18H15FN4S. The van der Waals surface area contributed by atoms with E-state index in [9.17, 15) is 4.39 Å². The number of fused-ring (bicyclic) bond motifs is 1. The number of benzene rings is 2. The van der Waals surface area contributed by atoms with Gasteiger partial charge in [-0.1, -0.05) is 12.1 Å². The van der Waals surface area contributed by atoms with E-state index in [0.29, 0.717) is 22.9 Å². The molecule has 0 atom stereocenters. The third-order valence-corrected chi connectivity index (χ3v) is 3.95. The Morgan fingerprint density at radius 2 is 2.08 bits per heavy atom. The first-order valence-corrected chi connectivity index (χ1v) is 7.87. The number of hydrogen-bond donors (Lipinski definition) is 3. The van der Waals surface area contributed by atoms with Gasteiger partial charge in [0.1, 0.15) is 11.9 Å². The van der Waals surface area contributed by atoms with Crippen LogP contribution in [0.4, 0.5) is 10.1 Å². The van der Waals surface area contributed by atoms with Gasteiger partial charge in [0.2, 0.25) is 0 Å².